The topological polar surface area (TPSA) is 25.2 Å². The van der Waals surface area contributed by atoms with Gasteiger partial charge in [-0.15, -0.1) is 0 Å². The second kappa shape index (κ2) is 7.05. The summed E-state index contributed by atoms with van der Waals surface area (Å²) in [5.41, 5.74) is 5.33. The van der Waals surface area contributed by atoms with Crippen molar-refractivity contribution in [3.63, 3.8) is 0 Å². The SMILES string of the molecule is CCCCc1cc2ccccc2c2c1oc1c(Nc3ccccc3)cccc12. The summed E-state index contributed by atoms with van der Waals surface area (Å²) in [6.07, 6.45) is 3.38. The Morgan fingerprint density at radius 2 is 1.57 bits per heavy atom. The number of anilines is 2. The number of hydrogen-bond acceptors (Lipinski definition) is 2. The molecule has 138 valence electrons. The van der Waals surface area contributed by atoms with Gasteiger partial charge in [-0.1, -0.05) is 67.9 Å². The predicted molar refractivity (Wildman–Crippen MR) is 120 cm³/mol. The van der Waals surface area contributed by atoms with Crippen molar-refractivity contribution in [2.45, 2.75) is 26.2 Å². The maximum atomic E-state index is 6.53. The minimum absolute atomic E-state index is 0.926. The molecule has 0 fully saturated rings. The fourth-order valence-corrected chi connectivity index (χ4v) is 4.04. The van der Waals surface area contributed by atoms with Crippen LogP contribution in [0.3, 0.4) is 0 Å². The number of fused-ring (bicyclic) bond motifs is 5. The van der Waals surface area contributed by atoms with Crippen LogP contribution >= 0.6 is 0 Å². The van der Waals surface area contributed by atoms with E-state index in [1.165, 1.54) is 39.9 Å². The molecule has 0 spiro atoms. The molecule has 28 heavy (non-hydrogen) atoms. The van der Waals surface area contributed by atoms with Gasteiger partial charge >= 0.3 is 0 Å². The minimum Gasteiger partial charge on any atom is -0.454 e. The van der Waals surface area contributed by atoms with Crippen molar-refractivity contribution in [2.24, 2.45) is 0 Å². The van der Waals surface area contributed by atoms with Gasteiger partial charge < -0.3 is 9.73 Å². The molecule has 2 nitrogen and oxygen atoms in total. The van der Waals surface area contributed by atoms with Crippen molar-refractivity contribution in [2.75, 3.05) is 5.32 Å². The smallest absolute Gasteiger partial charge is 0.158 e. The molecule has 0 saturated carbocycles. The molecule has 0 aliphatic rings. The highest BCUT2D eigenvalue weighted by Gasteiger charge is 2.16. The Labute approximate surface area is 164 Å². The average molecular weight is 365 g/mol. The fourth-order valence-electron chi connectivity index (χ4n) is 4.04. The first-order chi connectivity index (χ1) is 13.8. The van der Waals surface area contributed by atoms with Crippen molar-refractivity contribution >= 4 is 44.1 Å². The van der Waals surface area contributed by atoms with E-state index in [4.69, 9.17) is 4.42 Å². The summed E-state index contributed by atoms with van der Waals surface area (Å²) in [6.45, 7) is 2.23. The van der Waals surface area contributed by atoms with Crippen LogP contribution in [0.4, 0.5) is 11.4 Å². The van der Waals surface area contributed by atoms with Crippen LogP contribution in [-0.4, -0.2) is 0 Å². The Kier molecular flexibility index (Phi) is 4.25. The van der Waals surface area contributed by atoms with Gasteiger partial charge in [0.15, 0.2) is 5.58 Å². The minimum atomic E-state index is 0.926. The number of aryl methyl sites for hydroxylation is 1. The summed E-state index contributed by atoms with van der Waals surface area (Å²) in [5.74, 6) is 0. The summed E-state index contributed by atoms with van der Waals surface area (Å²) in [5, 5.41) is 8.47. The Balaban J connectivity index is 1.79. The van der Waals surface area contributed by atoms with Crippen molar-refractivity contribution in [1.29, 1.82) is 0 Å². The number of unbranched alkanes of at least 4 members (excludes halogenated alkanes) is 1. The van der Waals surface area contributed by atoms with Crippen LogP contribution in [0.15, 0.2) is 83.3 Å². The van der Waals surface area contributed by atoms with Crippen molar-refractivity contribution < 1.29 is 4.42 Å². The zero-order valence-corrected chi connectivity index (χ0v) is 16.0. The molecule has 0 saturated heterocycles. The zero-order chi connectivity index (χ0) is 18.9. The molecule has 0 atom stereocenters. The molecule has 0 amide bonds. The third kappa shape index (κ3) is 2.82. The summed E-state index contributed by atoms with van der Waals surface area (Å²) in [4.78, 5) is 0. The molecule has 0 unspecified atom stereocenters. The highest BCUT2D eigenvalue weighted by atomic mass is 16.3. The van der Waals surface area contributed by atoms with Crippen molar-refractivity contribution in [3.05, 3.63) is 84.4 Å². The average Bonchev–Trinajstić information content (AvgIpc) is 3.14. The normalized spacial score (nSPS) is 11.5. The molecule has 1 aromatic heterocycles. The zero-order valence-electron chi connectivity index (χ0n) is 16.0. The largest absolute Gasteiger partial charge is 0.454 e. The van der Waals surface area contributed by atoms with Gasteiger partial charge in [0.1, 0.15) is 5.58 Å². The van der Waals surface area contributed by atoms with E-state index in [9.17, 15) is 0 Å². The highest BCUT2D eigenvalue weighted by Crippen LogP contribution is 2.40. The summed E-state index contributed by atoms with van der Waals surface area (Å²) >= 11 is 0. The maximum Gasteiger partial charge on any atom is 0.158 e. The third-order valence-corrected chi connectivity index (χ3v) is 5.42. The van der Waals surface area contributed by atoms with E-state index in [-0.39, 0.29) is 0 Å². The number of furan rings is 1. The number of para-hydroxylation sites is 2. The first-order valence-corrected chi connectivity index (χ1v) is 10.0. The van der Waals surface area contributed by atoms with E-state index in [2.05, 4.69) is 72.9 Å². The van der Waals surface area contributed by atoms with Gasteiger partial charge in [0.05, 0.1) is 5.69 Å². The number of benzene rings is 4. The van der Waals surface area contributed by atoms with E-state index < -0.39 is 0 Å². The second-order valence-corrected chi connectivity index (χ2v) is 7.34. The summed E-state index contributed by atoms with van der Waals surface area (Å²) in [6, 6.07) is 27.6. The van der Waals surface area contributed by atoms with Gasteiger partial charge in [0, 0.05) is 16.5 Å². The van der Waals surface area contributed by atoms with Crippen molar-refractivity contribution in [3.8, 4) is 0 Å². The van der Waals surface area contributed by atoms with Crippen LogP contribution in [0.5, 0.6) is 0 Å². The van der Waals surface area contributed by atoms with Gasteiger partial charge in [0.25, 0.3) is 0 Å². The number of nitrogens with one attached hydrogen (secondary N) is 1. The Morgan fingerprint density at radius 1 is 0.786 bits per heavy atom. The molecule has 0 bridgehead atoms. The van der Waals surface area contributed by atoms with Gasteiger partial charge in [-0.25, -0.2) is 0 Å². The van der Waals surface area contributed by atoms with Gasteiger partial charge in [0.2, 0.25) is 0 Å². The van der Waals surface area contributed by atoms with E-state index >= 15 is 0 Å². The Bertz CT molecular complexity index is 1270. The molecule has 1 N–H and O–H groups in total. The van der Waals surface area contributed by atoms with Crippen LogP contribution in [0.1, 0.15) is 25.3 Å². The second-order valence-electron chi connectivity index (χ2n) is 7.34. The van der Waals surface area contributed by atoms with Crippen LogP contribution < -0.4 is 5.32 Å². The van der Waals surface area contributed by atoms with E-state index in [1.54, 1.807) is 0 Å². The lowest BCUT2D eigenvalue weighted by Gasteiger charge is -2.06. The molecule has 0 radical (unpaired) electrons. The molecule has 1 heterocycles. The Hall–Kier alpha value is -3.26. The standard InChI is InChI=1S/C26H23NO/c1-2-3-10-19-17-18-11-7-8-14-21(18)24-22-15-9-16-23(26(22)28-25(19)24)27-20-12-5-4-6-13-20/h4-9,11-17,27H,2-3,10H2,1H3. The molecule has 5 rings (SSSR count). The molecular formula is C26H23NO. The van der Waals surface area contributed by atoms with Crippen LogP contribution in [0.25, 0.3) is 32.7 Å². The maximum absolute atomic E-state index is 6.53. The third-order valence-electron chi connectivity index (χ3n) is 5.42. The molecule has 0 aliphatic heterocycles. The highest BCUT2D eigenvalue weighted by molar-refractivity contribution is 6.21. The van der Waals surface area contributed by atoms with Gasteiger partial charge in [-0.3, -0.25) is 0 Å². The lowest BCUT2D eigenvalue weighted by Crippen LogP contribution is -1.89. The van der Waals surface area contributed by atoms with E-state index in [0.29, 0.717) is 0 Å². The fraction of sp³-hybridized carbons (Fsp3) is 0.154. The van der Waals surface area contributed by atoms with Gasteiger partial charge in [-0.05, 0) is 53.4 Å². The first-order valence-electron chi connectivity index (χ1n) is 10.0. The number of hydrogen-bond donors (Lipinski definition) is 1. The van der Waals surface area contributed by atoms with Crippen molar-refractivity contribution in [1.82, 2.24) is 0 Å². The first kappa shape index (κ1) is 16.9. The lowest BCUT2D eigenvalue weighted by atomic mass is 9.97. The molecule has 4 aromatic carbocycles. The molecular weight excluding hydrogens is 342 g/mol. The Morgan fingerprint density at radius 3 is 2.43 bits per heavy atom. The predicted octanol–water partition coefficient (Wildman–Crippen LogP) is 7.83. The molecule has 5 aromatic rings. The molecule has 2 heteroatoms. The quantitative estimate of drug-likeness (QED) is 0.343. The molecule has 0 aliphatic carbocycles. The number of rotatable bonds is 5. The monoisotopic (exact) mass is 365 g/mol. The van der Waals surface area contributed by atoms with E-state index in [1.807, 2.05) is 18.2 Å². The van der Waals surface area contributed by atoms with Crippen LogP contribution in [0, 0.1) is 0 Å². The van der Waals surface area contributed by atoms with E-state index in [0.717, 1.165) is 29.0 Å². The van der Waals surface area contributed by atoms with Crippen LogP contribution in [0.2, 0.25) is 0 Å². The lowest BCUT2D eigenvalue weighted by molar-refractivity contribution is 0.660. The van der Waals surface area contributed by atoms with Crippen LogP contribution in [-0.2, 0) is 6.42 Å². The van der Waals surface area contributed by atoms with Gasteiger partial charge in [-0.2, -0.15) is 0 Å². The summed E-state index contributed by atoms with van der Waals surface area (Å²) in [7, 11) is 0. The summed E-state index contributed by atoms with van der Waals surface area (Å²) < 4.78 is 6.53.